The molecule has 0 saturated carbocycles. The topological polar surface area (TPSA) is 63.2 Å². The first-order chi connectivity index (χ1) is 14.4. The van der Waals surface area contributed by atoms with Gasteiger partial charge in [0.25, 0.3) is 0 Å². The van der Waals surface area contributed by atoms with Gasteiger partial charge in [0.1, 0.15) is 17.2 Å². The Morgan fingerprint density at radius 1 is 1.00 bits per heavy atom. The fourth-order valence-electron chi connectivity index (χ4n) is 2.76. The Bertz CT molecular complexity index is 851. The third-order valence-corrected chi connectivity index (χ3v) is 5.50. The van der Waals surface area contributed by atoms with Crippen LogP contribution in [0, 0.1) is 0 Å². The van der Waals surface area contributed by atoms with Crippen LogP contribution >= 0.6 is 20.2 Å². The molecule has 0 bridgehead atoms. The van der Waals surface area contributed by atoms with Crippen LogP contribution in [0.15, 0.2) is 36.4 Å². The molecule has 0 heterocycles. The van der Waals surface area contributed by atoms with Crippen molar-refractivity contribution >= 4 is 31.0 Å². The van der Waals surface area contributed by atoms with Crippen LogP contribution in [-0.4, -0.2) is 38.4 Å². The summed E-state index contributed by atoms with van der Waals surface area (Å²) in [5.74, 6) is 1.52. The largest absolute Gasteiger partial charge is 1.00 e. The average Bonchev–Trinajstić information content (AvgIpc) is 2.69. The minimum atomic E-state index is -0.483. The fraction of sp³-hybridized carbons (Fsp3) is 0.409. The van der Waals surface area contributed by atoms with E-state index in [0.29, 0.717) is 46.4 Å². The Balaban J connectivity index is 0.00000480. The predicted octanol–water partition coefficient (Wildman–Crippen LogP) is 2.02. The zero-order valence-corrected chi connectivity index (χ0v) is 20.6. The summed E-state index contributed by atoms with van der Waals surface area (Å²) >= 11 is 6.27. The molecule has 31 heavy (non-hydrogen) atoms. The summed E-state index contributed by atoms with van der Waals surface area (Å²) in [6.45, 7) is 8.45. The van der Waals surface area contributed by atoms with Crippen molar-refractivity contribution in [1.29, 1.82) is 0 Å². The van der Waals surface area contributed by atoms with Gasteiger partial charge < -0.3 is 23.7 Å². The Hall–Kier alpha value is -1.25. The van der Waals surface area contributed by atoms with Gasteiger partial charge in [0.05, 0.1) is 17.7 Å². The quantitative estimate of drug-likeness (QED) is 0.274. The zero-order chi connectivity index (χ0) is 22.1. The van der Waals surface area contributed by atoms with Crippen LogP contribution in [0.3, 0.4) is 0 Å². The third kappa shape index (κ3) is 8.31. The summed E-state index contributed by atoms with van der Waals surface area (Å²) in [4.78, 5) is 13.0. The van der Waals surface area contributed by atoms with Crippen LogP contribution in [0.2, 0.25) is 5.02 Å². The first-order valence-corrected chi connectivity index (χ1v) is 11.1. The molecule has 0 amide bonds. The van der Waals surface area contributed by atoms with E-state index < -0.39 is 12.6 Å². The van der Waals surface area contributed by atoms with Crippen molar-refractivity contribution in [2.45, 2.75) is 40.3 Å². The number of rotatable bonds is 12. The van der Waals surface area contributed by atoms with Gasteiger partial charge in [-0.2, -0.15) is 0 Å². The van der Waals surface area contributed by atoms with Gasteiger partial charge in [0.2, 0.25) is 0 Å². The number of carbonyl (C=O) groups excluding carboxylic acids is 1. The van der Waals surface area contributed by atoms with Crippen molar-refractivity contribution in [3.8, 4) is 17.2 Å². The van der Waals surface area contributed by atoms with Crippen LogP contribution in [-0.2, 0) is 9.47 Å². The summed E-state index contributed by atoms with van der Waals surface area (Å²) in [5.41, 5.74) is 0.205. The molecule has 6 nitrogen and oxygen atoms in total. The molecule has 0 aliphatic rings. The number of ether oxygens (including phenoxy) is 5. The Morgan fingerprint density at radius 3 is 2.26 bits per heavy atom. The SMILES string of the molecule is CCOC(C)Oc1ccc(PC(=O)c2c(Cl)cccc2OC)c(OC(C)OCC)c1.[Li+]. The second-order valence-electron chi connectivity index (χ2n) is 6.21. The Labute approximate surface area is 202 Å². The molecule has 0 aromatic heterocycles. The number of methoxy groups -OCH3 is 1. The molecule has 0 fully saturated rings. The van der Waals surface area contributed by atoms with E-state index >= 15 is 0 Å². The van der Waals surface area contributed by atoms with E-state index in [1.54, 1.807) is 37.3 Å². The molecular formula is C22H28ClLiO6P+. The van der Waals surface area contributed by atoms with E-state index in [-0.39, 0.29) is 33.0 Å². The smallest absolute Gasteiger partial charge is 0.496 e. The van der Waals surface area contributed by atoms with E-state index in [4.69, 9.17) is 35.3 Å². The number of halogens is 1. The molecule has 9 heteroatoms. The van der Waals surface area contributed by atoms with Crippen LogP contribution < -0.4 is 38.4 Å². The minimum absolute atomic E-state index is 0. The maximum Gasteiger partial charge on any atom is 1.00 e. The first kappa shape index (κ1) is 27.8. The molecule has 3 atom stereocenters. The van der Waals surface area contributed by atoms with Crippen molar-refractivity contribution in [2.24, 2.45) is 0 Å². The van der Waals surface area contributed by atoms with Gasteiger partial charge >= 0.3 is 18.9 Å². The standard InChI is InChI=1S/C22H28ClO6P.Li/c1-6-26-14(3)28-16-11-12-20(19(13-16)29-15(4)27-7-2)30-22(24)21-17(23)9-8-10-18(21)25-5;/h8-15,30H,6-7H2,1-5H3;/q;+1. The summed E-state index contributed by atoms with van der Waals surface area (Å²) in [6, 6.07) is 10.5. The van der Waals surface area contributed by atoms with Gasteiger partial charge in [-0.15, -0.1) is 0 Å². The molecular weight excluding hydrogens is 434 g/mol. The minimum Gasteiger partial charge on any atom is -0.496 e. The Kier molecular flexibility index (Phi) is 12.6. The van der Waals surface area contributed by atoms with Gasteiger partial charge in [-0.05, 0) is 60.5 Å². The van der Waals surface area contributed by atoms with E-state index in [0.717, 1.165) is 0 Å². The van der Waals surface area contributed by atoms with Crippen LogP contribution in [0.4, 0.5) is 0 Å². The third-order valence-electron chi connectivity index (χ3n) is 4.02. The van der Waals surface area contributed by atoms with Gasteiger partial charge in [0, 0.05) is 24.6 Å². The maximum atomic E-state index is 13.0. The molecule has 0 aliphatic carbocycles. The van der Waals surface area contributed by atoms with E-state index in [1.165, 1.54) is 7.11 Å². The summed E-state index contributed by atoms with van der Waals surface area (Å²) in [6.07, 6.45) is -0.891. The first-order valence-electron chi connectivity index (χ1n) is 9.73. The van der Waals surface area contributed by atoms with E-state index in [9.17, 15) is 4.79 Å². The zero-order valence-electron chi connectivity index (χ0n) is 18.9. The van der Waals surface area contributed by atoms with Crippen LogP contribution in [0.25, 0.3) is 0 Å². The van der Waals surface area contributed by atoms with Gasteiger partial charge in [-0.3, -0.25) is 4.79 Å². The molecule has 2 aromatic rings. The normalized spacial score (nSPS) is 12.8. The van der Waals surface area contributed by atoms with Crippen molar-refractivity contribution in [2.75, 3.05) is 20.3 Å². The van der Waals surface area contributed by atoms with Gasteiger partial charge in [0.15, 0.2) is 18.1 Å². The molecule has 0 spiro atoms. The second-order valence-corrected chi connectivity index (χ2v) is 7.86. The molecule has 164 valence electrons. The summed E-state index contributed by atoms with van der Waals surface area (Å²) in [5, 5.41) is 1.06. The molecule has 2 rings (SSSR count). The maximum absolute atomic E-state index is 13.0. The molecule has 0 N–H and O–H groups in total. The fourth-order valence-corrected chi connectivity index (χ4v) is 4.14. The van der Waals surface area contributed by atoms with Crippen molar-refractivity contribution in [1.82, 2.24) is 0 Å². The van der Waals surface area contributed by atoms with Gasteiger partial charge in [-0.1, -0.05) is 17.7 Å². The van der Waals surface area contributed by atoms with E-state index in [1.807, 2.05) is 26.8 Å². The molecule has 3 unspecified atom stereocenters. The summed E-state index contributed by atoms with van der Waals surface area (Å²) < 4.78 is 27.9. The summed E-state index contributed by atoms with van der Waals surface area (Å²) in [7, 11) is 1.28. The van der Waals surface area contributed by atoms with Crippen molar-refractivity contribution in [3.05, 3.63) is 47.0 Å². The van der Waals surface area contributed by atoms with Gasteiger partial charge in [-0.25, -0.2) is 0 Å². The predicted molar refractivity (Wildman–Crippen MR) is 120 cm³/mol. The molecule has 0 saturated heterocycles. The molecule has 0 radical (unpaired) electrons. The van der Waals surface area contributed by atoms with Crippen molar-refractivity contribution in [3.63, 3.8) is 0 Å². The van der Waals surface area contributed by atoms with Crippen molar-refractivity contribution < 1.29 is 47.3 Å². The number of hydrogen-bond donors (Lipinski definition) is 0. The number of benzene rings is 2. The molecule has 0 aliphatic heterocycles. The Morgan fingerprint density at radius 2 is 1.65 bits per heavy atom. The average molecular weight is 462 g/mol. The monoisotopic (exact) mass is 461 g/mol. The van der Waals surface area contributed by atoms with Crippen LogP contribution in [0.1, 0.15) is 38.1 Å². The second kappa shape index (κ2) is 14.0. The number of hydrogen-bond acceptors (Lipinski definition) is 6. The van der Waals surface area contributed by atoms with E-state index in [2.05, 4.69) is 0 Å². The number of carbonyl (C=O) groups is 1. The molecule has 2 aromatic carbocycles. The van der Waals surface area contributed by atoms with Crippen LogP contribution in [0.5, 0.6) is 17.2 Å².